The summed E-state index contributed by atoms with van der Waals surface area (Å²) in [5.41, 5.74) is 0.719. The lowest BCUT2D eigenvalue weighted by atomic mass is 9.78. The van der Waals surface area contributed by atoms with E-state index in [1.807, 2.05) is 17.0 Å². The first-order valence-corrected chi connectivity index (χ1v) is 10.5. The van der Waals surface area contributed by atoms with Crippen LogP contribution in [-0.4, -0.2) is 30.1 Å². The summed E-state index contributed by atoms with van der Waals surface area (Å²) in [5, 5.41) is 3.99. The first-order valence-electron chi connectivity index (χ1n) is 10.1. The van der Waals surface area contributed by atoms with Gasteiger partial charge in [0.25, 0.3) is 5.91 Å². The number of fused-ring (bicyclic) bond motifs is 2. The lowest BCUT2D eigenvalue weighted by molar-refractivity contribution is -0.984. The Labute approximate surface area is 156 Å². The minimum Gasteiger partial charge on any atom is -0.349 e. The van der Waals surface area contributed by atoms with Crippen molar-refractivity contribution in [1.82, 2.24) is 5.32 Å². The van der Waals surface area contributed by atoms with E-state index in [4.69, 9.17) is 11.6 Å². The molecule has 2 heterocycles. The molecule has 2 saturated heterocycles. The molecule has 4 heteroatoms. The fraction of sp³-hybridized carbons (Fsp3) is 0.667. The molecule has 0 aromatic heterocycles. The minimum atomic E-state index is 0.0563. The average molecular weight is 362 g/mol. The molecule has 0 radical (unpaired) electrons. The normalized spacial score (nSPS) is 33.0. The summed E-state index contributed by atoms with van der Waals surface area (Å²) >= 11 is 5.93. The third-order valence-electron chi connectivity index (χ3n) is 6.70. The smallest absolute Gasteiger partial charge is 0.251 e. The van der Waals surface area contributed by atoms with Gasteiger partial charge in [-0.05, 0) is 69.2 Å². The number of quaternary nitrogens is 1. The number of nitrogens with one attached hydrogen (secondary N) is 2. The highest BCUT2D eigenvalue weighted by Gasteiger charge is 2.45. The highest BCUT2D eigenvalue weighted by atomic mass is 35.5. The number of piperidine rings is 2. The van der Waals surface area contributed by atoms with Crippen LogP contribution in [0.1, 0.15) is 74.6 Å². The van der Waals surface area contributed by atoms with Gasteiger partial charge in [-0.3, -0.25) is 4.79 Å². The molecule has 2 atom stereocenters. The van der Waals surface area contributed by atoms with Crippen molar-refractivity contribution in [3.63, 3.8) is 0 Å². The van der Waals surface area contributed by atoms with Crippen molar-refractivity contribution < 1.29 is 9.69 Å². The third-order valence-corrected chi connectivity index (χ3v) is 6.96. The highest BCUT2D eigenvalue weighted by molar-refractivity contribution is 6.30. The lowest BCUT2D eigenvalue weighted by Gasteiger charge is -2.50. The van der Waals surface area contributed by atoms with Gasteiger partial charge in [-0.2, -0.15) is 0 Å². The molecule has 1 aromatic rings. The van der Waals surface area contributed by atoms with E-state index in [1.54, 1.807) is 12.1 Å². The number of hydrogen-bond acceptors (Lipinski definition) is 1. The number of amides is 1. The van der Waals surface area contributed by atoms with E-state index in [0.29, 0.717) is 11.1 Å². The Morgan fingerprint density at radius 1 is 0.880 bits per heavy atom. The molecule has 25 heavy (non-hydrogen) atoms. The van der Waals surface area contributed by atoms with Crippen LogP contribution in [0.5, 0.6) is 0 Å². The number of carbonyl (C=O) groups excluding carboxylic acids is 1. The number of benzene rings is 1. The Bertz CT molecular complexity index is 582. The van der Waals surface area contributed by atoms with Crippen molar-refractivity contribution in [1.29, 1.82) is 0 Å². The molecule has 136 valence electrons. The van der Waals surface area contributed by atoms with Gasteiger partial charge in [0, 0.05) is 29.5 Å². The summed E-state index contributed by atoms with van der Waals surface area (Å²) < 4.78 is 0. The van der Waals surface area contributed by atoms with Crippen molar-refractivity contribution in [2.24, 2.45) is 0 Å². The summed E-state index contributed by atoms with van der Waals surface area (Å²) in [6.45, 7) is 0. The third kappa shape index (κ3) is 3.88. The van der Waals surface area contributed by atoms with E-state index < -0.39 is 0 Å². The topological polar surface area (TPSA) is 33.5 Å². The predicted octanol–water partition coefficient (Wildman–Crippen LogP) is 3.37. The number of carbonyl (C=O) groups is 1. The monoisotopic (exact) mass is 361 g/mol. The Balaban J connectivity index is 1.40. The van der Waals surface area contributed by atoms with Crippen molar-refractivity contribution in [3.8, 4) is 0 Å². The molecule has 1 aromatic carbocycles. The Morgan fingerprint density at radius 3 is 2.12 bits per heavy atom. The molecule has 1 aliphatic carbocycles. The van der Waals surface area contributed by atoms with Crippen LogP contribution in [0.25, 0.3) is 0 Å². The maximum Gasteiger partial charge on any atom is 0.251 e. The largest absolute Gasteiger partial charge is 0.349 e. The number of rotatable bonds is 3. The first-order chi connectivity index (χ1) is 12.2. The molecule has 2 bridgehead atoms. The van der Waals surface area contributed by atoms with Gasteiger partial charge >= 0.3 is 0 Å². The van der Waals surface area contributed by atoms with Crippen LogP contribution in [0.3, 0.4) is 0 Å². The van der Waals surface area contributed by atoms with Crippen LogP contribution in [-0.2, 0) is 0 Å². The molecule has 4 rings (SSSR count). The zero-order chi connectivity index (χ0) is 17.2. The molecule has 0 spiro atoms. The summed E-state index contributed by atoms with van der Waals surface area (Å²) in [5.74, 6) is 0.0563. The summed E-state index contributed by atoms with van der Waals surface area (Å²) in [7, 11) is 0. The quantitative estimate of drug-likeness (QED) is 0.850. The second kappa shape index (κ2) is 7.67. The van der Waals surface area contributed by atoms with Gasteiger partial charge in [0.1, 0.15) is 0 Å². The molecule has 1 amide bonds. The van der Waals surface area contributed by atoms with Crippen molar-refractivity contribution in [2.75, 3.05) is 0 Å². The standard InChI is InChI=1S/C21H29ClN2O/c22-16-11-9-15(10-12-16)21(25)23-17-13-19-7-4-8-20(14-17)24(19)18-5-2-1-3-6-18/h9-12,17-20H,1-8,13-14H2,(H,23,25)/p+1/t19-,20-/m1/s1. The van der Waals surface area contributed by atoms with E-state index in [1.165, 1.54) is 51.4 Å². The van der Waals surface area contributed by atoms with Crippen molar-refractivity contribution in [2.45, 2.75) is 88.4 Å². The lowest BCUT2D eigenvalue weighted by Crippen LogP contribution is -3.24. The number of hydrogen-bond donors (Lipinski definition) is 2. The van der Waals surface area contributed by atoms with Crippen LogP contribution in [0, 0.1) is 0 Å². The van der Waals surface area contributed by atoms with Crippen LogP contribution in [0.15, 0.2) is 24.3 Å². The average Bonchev–Trinajstić information content (AvgIpc) is 2.62. The van der Waals surface area contributed by atoms with E-state index in [9.17, 15) is 4.79 Å². The molecule has 1 saturated carbocycles. The zero-order valence-corrected chi connectivity index (χ0v) is 15.7. The van der Waals surface area contributed by atoms with E-state index in [2.05, 4.69) is 5.32 Å². The molecular weight excluding hydrogens is 332 g/mol. The molecule has 3 aliphatic rings. The number of halogens is 1. The maximum atomic E-state index is 12.6. The SMILES string of the molecule is O=C(NC1C[C@H]2CCC[C@H](C1)[NH+]2C1CCCCC1)c1ccc(Cl)cc1. The van der Waals surface area contributed by atoms with Crippen LogP contribution < -0.4 is 10.2 Å². The van der Waals surface area contributed by atoms with Crippen molar-refractivity contribution in [3.05, 3.63) is 34.9 Å². The molecule has 3 fully saturated rings. The maximum absolute atomic E-state index is 12.6. The predicted molar refractivity (Wildman–Crippen MR) is 101 cm³/mol. The molecular formula is C21H30ClN2O+. The van der Waals surface area contributed by atoms with Crippen LogP contribution >= 0.6 is 11.6 Å². The molecule has 2 N–H and O–H groups in total. The summed E-state index contributed by atoms with van der Waals surface area (Å²) in [6, 6.07) is 9.96. The Kier molecular flexibility index (Phi) is 5.33. The van der Waals surface area contributed by atoms with E-state index in [-0.39, 0.29) is 5.91 Å². The minimum absolute atomic E-state index is 0.0563. The van der Waals surface area contributed by atoms with E-state index in [0.717, 1.165) is 36.5 Å². The van der Waals surface area contributed by atoms with Crippen molar-refractivity contribution >= 4 is 17.5 Å². The van der Waals surface area contributed by atoms with Gasteiger partial charge in [-0.1, -0.05) is 18.0 Å². The van der Waals surface area contributed by atoms with Crippen LogP contribution in [0.4, 0.5) is 0 Å². The van der Waals surface area contributed by atoms with Gasteiger partial charge in [0.05, 0.1) is 18.1 Å². The fourth-order valence-electron chi connectivity index (χ4n) is 5.66. The Morgan fingerprint density at radius 2 is 1.48 bits per heavy atom. The zero-order valence-electron chi connectivity index (χ0n) is 15.0. The molecule has 3 nitrogen and oxygen atoms in total. The van der Waals surface area contributed by atoms with Gasteiger partial charge in [0.15, 0.2) is 0 Å². The Hall–Kier alpha value is -1.06. The first kappa shape index (κ1) is 17.4. The van der Waals surface area contributed by atoms with E-state index >= 15 is 0 Å². The van der Waals surface area contributed by atoms with Gasteiger partial charge < -0.3 is 10.2 Å². The molecule has 2 aliphatic heterocycles. The molecule has 0 unspecified atom stereocenters. The summed E-state index contributed by atoms with van der Waals surface area (Å²) in [4.78, 5) is 14.5. The van der Waals surface area contributed by atoms with Gasteiger partial charge in [-0.15, -0.1) is 0 Å². The fourth-order valence-corrected chi connectivity index (χ4v) is 5.78. The second-order valence-corrected chi connectivity index (χ2v) is 8.74. The van der Waals surface area contributed by atoms with Crippen LogP contribution in [0.2, 0.25) is 5.02 Å². The van der Waals surface area contributed by atoms with Gasteiger partial charge in [-0.25, -0.2) is 0 Å². The van der Waals surface area contributed by atoms with Gasteiger partial charge in [0.2, 0.25) is 0 Å². The second-order valence-electron chi connectivity index (χ2n) is 8.31. The summed E-state index contributed by atoms with van der Waals surface area (Å²) in [6.07, 6.45) is 13.5. The highest BCUT2D eigenvalue weighted by Crippen LogP contribution is 2.26.